The summed E-state index contributed by atoms with van der Waals surface area (Å²) in [4.78, 5) is 21.4. The van der Waals surface area contributed by atoms with E-state index >= 15 is 0 Å². The lowest BCUT2D eigenvalue weighted by Crippen LogP contribution is -2.38. The molecule has 0 radical (unpaired) electrons. The number of rotatable bonds is 3. The molecule has 1 rings (SSSR count). The molecule has 0 aromatic rings. The van der Waals surface area contributed by atoms with E-state index in [-0.39, 0.29) is 17.9 Å². The first-order valence-corrected chi connectivity index (χ1v) is 5.47. The van der Waals surface area contributed by atoms with Crippen molar-refractivity contribution >= 4 is 11.9 Å². The summed E-state index contributed by atoms with van der Waals surface area (Å²) < 4.78 is 9.87. The molecule has 5 nitrogen and oxygen atoms in total. The summed E-state index contributed by atoms with van der Waals surface area (Å²) in [6.45, 7) is 3.03. The smallest absolute Gasteiger partial charge is 0.302 e. The number of hydrogen-bond acceptors (Lipinski definition) is 5. The number of aliphatic hydroxyl groups is 1. The molecule has 0 spiro atoms. The Morgan fingerprint density at radius 1 is 1.25 bits per heavy atom. The van der Waals surface area contributed by atoms with E-state index in [0.29, 0.717) is 19.4 Å². The average molecular weight is 230 g/mol. The number of ether oxygens (including phenoxy) is 2. The van der Waals surface area contributed by atoms with E-state index in [1.54, 1.807) is 0 Å². The molecule has 3 atom stereocenters. The second kappa shape index (κ2) is 5.84. The molecule has 1 saturated carbocycles. The van der Waals surface area contributed by atoms with Crippen molar-refractivity contribution in [2.75, 3.05) is 6.61 Å². The molecule has 0 saturated heterocycles. The minimum atomic E-state index is -0.654. The summed E-state index contributed by atoms with van der Waals surface area (Å²) in [6.07, 6.45) is 0.851. The van der Waals surface area contributed by atoms with Crippen molar-refractivity contribution in [2.24, 2.45) is 5.92 Å². The predicted molar refractivity (Wildman–Crippen MR) is 55.5 cm³/mol. The van der Waals surface area contributed by atoms with Gasteiger partial charge in [0.1, 0.15) is 6.10 Å². The standard InChI is InChI=1S/C11H18O5/c1-7(12)15-6-9-3-4-11(10(14)5-9)16-8(2)13/h9-11,14H,3-6H2,1-2H3. The second-order valence-electron chi connectivity index (χ2n) is 4.20. The third-order valence-corrected chi connectivity index (χ3v) is 2.70. The van der Waals surface area contributed by atoms with Gasteiger partial charge in [0.25, 0.3) is 0 Å². The molecular weight excluding hydrogens is 212 g/mol. The zero-order valence-corrected chi connectivity index (χ0v) is 9.64. The van der Waals surface area contributed by atoms with Crippen LogP contribution >= 0.6 is 0 Å². The zero-order valence-electron chi connectivity index (χ0n) is 9.64. The lowest BCUT2D eigenvalue weighted by molar-refractivity contribution is -0.157. The number of esters is 2. The van der Waals surface area contributed by atoms with Gasteiger partial charge in [-0.05, 0) is 25.2 Å². The van der Waals surface area contributed by atoms with Crippen LogP contribution in [0.4, 0.5) is 0 Å². The molecule has 16 heavy (non-hydrogen) atoms. The highest BCUT2D eigenvalue weighted by Gasteiger charge is 2.31. The van der Waals surface area contributed by atoms with E-state index in [4.69, 9.17) is 9.47 Å². The van der Waals surface area contributed by atoms with Crippen LogP contribution < -0.4 is 0 Å². The highest BCUT2D eigenvalue weighted by Crippen LogP contribution is 2.27. The van der Waals surface area contributed by atoms with Crippen LogP contribution in [0, 0.1) is 5.92 Å². The van der Waals surface area contributed by atoms with Gasteiger partial charge < -0.3 is 14.6 Å². The quantitative estimate of drug-likeness (QED) is 0.720. The molecule has 92 valence electrons. The van der Waals surface area contributed by atoms with Crippen LogP contribution in [0.2, 0.25) is 0 Å². The van der Waals surface area contributed by atoms with Gasteiger partial charge in [0.2, 0.25) is 0 Å². The topological polar surface area (TPSA) is 72.8 Å². The maximum absolute atomic E-state index is 10.8. The molecule has 0 aromatic heterocycles. The molecule has 1 fully saturated rings. The van der Waals surface area contributed by atoms with Crippen molar-refractivity contribution in [1.29, 1.82) is 0 Å². The Morgan fingerprint density at radius 3 is 2.44 bits per heavy atom. The van der Waals surface area contributed by atoms with Crippen LogP contribution in [-0.4, -0.2) is 35.9 Å². The molecule has 0 heterocycles. The minimum Gasteiger partial charge on any atom is -0.466 e. The van der Waals surface area contributed by atoms with Gasteiger partial charge in [-0.3, -0.25) is 9.59 Å². The number of aliphatic hydroxyl groups excluding tert-OH is 1. The van der Waals surface area contributed by atoms with Crippen LogP contribution in [0.25, 0.3) is 0 Å². The Bertz CT molecular complexity index is 263. The van der Waals surface area contributed by atoms with E-state index in [2.05, 4.69) is 0 Å². The lowest BCUT2D eigenvalue weighted by atomic mass is 9.86. The van der Waals surface area contributed by atoms with E-state index in [1.807, 2.05) is 0 Å². The third kappa shape index (κ3) is 4.18. The molecule has 1 aliphatic carbocycles. The minimum absolute atomic E-state index is 0.158. The summed E-state index contributed by atoms with van der Waals surface area (Å²) in [6, 6.07) is 0. The summed E-state index contributed by atoms with van der Waals surface area (Å²) >= 11 is 0. The van der Waals surface area contributed by atoms with Crippen molar-refractivity contribution in [2.45, 2.75) is 45.3 Å². The first-order valence-electron chi connectivity index (χ1n) is 5.47. The van der Waals surface area contributed by atoms with Crippen LogP contribution in [0.5, 0.6) is 0 Å². The fourth-order valence-electron chi connectivity index (χ4n) is 1.94. The van der Waals surface area contributed by atoms with Gasteiger partial charge in [-0.1, -0.05) is 0 Å². The van der Waals surface area contributed by atoms with Gasteiger partial charge in [-0.25, -0.2) is 0 Å². The summed E-state index contributed by atoms with van der Waals surface area (Å²) in [5.74, 6) is -0.523. The van der Waals surface area contributed by atoms with Gasteiger partial charge in [0.15, 0.2) is 0 Å². The van der Waals surface area contributed by atoms with Gasteiger partial charge >= 0.3 is 11.9 Å². The lowest BCUT2D eigenvalue weighted by Gasteiger charge is -2.32. The molecule has 0 bridgehead atoms. The molecular formula is C11H18O5. The fraction of sp³-hybridized carbons (Fsp3) is 0.818. The maximum Gasteiger partial charge on any atom is 0.302 e. The van der Waals surface area contributed by atoms with E-state index in [9.17, 15) is 14.7 Å². The summed E-state index contributed by atoms with van der Waals surface area (Å²) in [5.41, 5.74) is 0. The average Bonchev–Trinajstić information content (AvgIpc) is 2.18. The number of carbonyl (C=O) groups is 2. The maximum atomic E-state index is 10.8. The van der Waals surface area contributed by atoms with Gasteiger partial charge in [0.05, 0.1) is 12.7 Å². The first-order chi connectivity index (χ1) is 7.49. The van der Waals surface area contributed by atoms with Crippen molar-refractivity contribution in [3.8, 4) is 0 Å². The molecule has 5 heteroatoms. The monoisotopic (exact) mass is 230 g/mol. The van der Waals surface area contributed by atoms with Gasteiger partial charge in [-0.2, -0.15) is 0 Å². The third-order valence-electron chi connectivity index (χ3n) is 2.70. The zero-order chi connectivity index (χ0) is 12.1. The number of carbonyl (C=O) groups excluding carboxylic acids is 2. The molecule has 0 aliphatic heterocycles. The molecule has 1 N–H and O–H groups in total. The molecule has 3 unspecified atom stereocenters. The Hall–Kier alpha value is -1.10. The predicted octanol–water partition coefficient (Wildman–Crippen LogP) is 0.642. The van der Waals surface area contributed by atoms with Crippen molar-refractivity contribution in [3.63, 3.8) is 0 Å². The number of hydrogen-bond donors (Lipinski definition) is 1. The second-order valence-corrected chi connectivity index (χ2v) is 4.20. The summed E-state index contributed by atoms with van der Waals surface area (Å²) in [7, 11) is 0. The van der Waals surface area contributed by atoms with Crippen LogP contribution in [0.1, 0.15) is 33.1 Å². The Morgan fingerprint density at radius 2 is 1.94 bits per heavy atom. The first kappa shape index (κ1) is 13.0. The van der Waals surface area contributed by atoms with E-state index < -0.39 is 12.2 Å². The molecule has 1 aliphatic rings. The van der Waals surface area contributed by atoms with Crippen molar-refractivity contribution < 1.29 is 24.2 Å². The Balaban J connectivity index is 2.33. The molecule has 0 aromatic carbocycles. The largest absolute Gasteiger partial charge is 0.466 e. The summed E-state index contributed by atoms with van der Waals surface area (Å²) in [5, 5.41) is 9.74. The Labute approximate surface area is 94.7 Å². The van der Waals surface area contributed by atoms with Gasteiger partial charge in [0, 0.05) is 13.8 Å². The fourth-order valence-corrected chi connectivity index (χ4v) is 1.94. The van der Waals surface area contributed by atoms with Crippen molar-refractivity contribution in [3.05, 3.63) is 0 Å². The van der Waals surface area contributed by atoms with Crippen LogP contribution in [0.15, 0.2) is 0 Å². The van der Waals surface area contributed by atoms with Crippen LogP contribution in [-0.2, 0) is 19.1 Å². The van der Waals surface area contributed by atoms with Crippen molar-refractivity contribution in [1.82, 2.24) is 0 Å². The molecule has 0 amide bonds. The highest BCUT2D eigenvalue weighted by atomic mass is 16.6. The van der Waals surface area contributed by atoms with E-state index in [1.165, 1.54) is 13.8 Å². The van der Waals surface area contributed by atoms with Gasteiger partial charge in [-0.15, -0.1) is 0 Å². The van der Waals surface area contributed by atoms with Crippen LogP contribution in [0.3, 0.4) is 0 Å². The highest BCUT2D eigenvalue weighted by molar-refractivity contribution is 5.66. The van der Waals surface area contributed by atoms with E-state index in [0.717, 1.165) is 6.42 Å². The normalized spacial score (nSPS) is 29.6. The Kier molecular flexibility index (Phi) is 4.73. The SMILES string of the molecule is CC(=O)OCC1CCC(OC(C)=O)C(O)C1.